The second-order valence-corrected chi connectivity index (χ2v) is 7.53. The number of hydrogen-bond acceptors (Lipinski definition) is 8. The molecule has 4 N–H and O–H groups in total. The lowest BCUT2D eigenvalue weighted by molar-refractivity contribution is -0.163. The van der Waals surface area contributed by atoms with Crippen LogP contribution in [0.25, 0.3) is 11.3 Å². The molecule has 2 bridgehead atoms. The molecule has 4 heterocycles. The highest BCUT2D eigenvalue weighted by atomic mass is 16.5. The van der Waals surface area contributed by atoms with Crippen molar-refractivity contribution < 1.29 is 18.8 Å². The van der Waals surface area contributed by atoms with Crippen LogP contribution in [0, 0.1) is 13.8 Å². The predicted octanol–water partition coefficient (Wildman–Crippen LogP) is 1.51. The van der Waals surface area contributed by atoms with Crippen molar-refractivity contribution in [3.63, 3.8) is 0 Å². The number of carbonyl (C=O) groups excluding carboxylic acids is 1. The summed E-state index contributed by atoms with van der Waals surface area (Å²) in [6.07, 6.45) is 5.66. The molecule has 0 saturated carbocycles. The van der Waals surface area contributed by atoms with Crippen LogP contribution in [0.4, 0.5) is 0 Å². The van der Waals surface area contributed by atoms with Gasteiger partial charge in [-0.1, -0.05) is 5.16 Å². The molecule has 2 aromatic heterocycles. The normalized spacial score (nSPS) is 21.3. The highest BCUT2D eigenvalue weighted by Crippen LogP contribution is 2.31. The van der Waals surface area contributed by atoms with Crippen LogP contribution < -0.4 is 11.5 Å². The number of hydrogen-bond donors (Lipinski definition) is 2. The fourth-order valence-electron chi connectivity index (χ4n) is 3.66. The summed E-state index contributed by atoms with van der Waals surface area (Å²) in [4.78, 5) is 18.6. The van der Waals surface area contributed by atoms with Gasteiger partial charge in [-0.3, -0.25) is 9.78 Å². The average molecular weight is 411 g/mol. The lowest BCUT2D eigenvalue weighted by Crippen LogP contribution is -2.66. The highest BCUT2D eigenvalue weighted by molar-refractivity contribution is 5.94. The summed E-state index contributed by atoms with van der Waals surface area (Å²) in [5.41, 5.74) is 15.2. The summed E-state index contributed by atoms with van der Waals surface area (Å²) in [7, 11) is 0. The van der Waals surface area contributed by atoms with Crippen LogP contribution in [-0.4, -0.2) is 46.2 Å². The Morgan fingerprint density at radius 3 is 2.70 bits per heavy atom. The third-order valence-electron chi connectivity index (χ3n) is 5.41. The van der Waals surface area contributed by atoms with Crippen molar-refractivity contribution in [3.8, 4) is 11.3 Å². The Morgan fingerprint density at radius 1 is 1.27 bits per heavy atom. The molecule has 2 aliphatic rings. The molecule has 0 aliphatic carbocycles. The number of nitrogens with two attached hydrogens (primary N) is 2. The van der Waals surface area contributed by atoms with E-state index < -0.39 is 0 Å². The van der Waals surface area contributed by atoms with E-state index in [1.807, 2.05) is 19.1 Å². The Kier molecular flexibility index (Phi) is 5.45. The number of allylic oxidation sites excluding steroid dienone is 2. The summed E-state index contributed by atoms with van der Waals surface area (Å²) in [5, 5.41) is 4.11. The van der Waals surface area contributed by atoms with Gasteiger partial charge in [0, 0.05) is 17.5 Å². The number of aryl methyl sites for hydroxylation is 2. The smallest absolute Gasteiger partial charge is 0.270 e. The minimum atomic E-state index is -0.201. The SMILES string of the molecule is Cc1ccc(-c2noc(C)c2CO/C(N)=C/C=C(\N)C(=O)N2C3COCC2C3)cn1. The molecular formula is C21H25N5O4. The molecule has 2 aromatic rings. The van der Waals surface area contributed by atoms with Gasteiger partial charge in [-0.2, -0.15) is 0 Å². The van der Waals surface area contributed by atoms with Crippen molar-refractivity contribution in [2.75, 3.05) is 13.2 Å². The van der Waals surface area contributed by atoms with Gasteiger partial charge in [0.05, 0.1) is 36.6 Å². The standard InChI is InChI=1S/C21H25N5O4/c1-12-3-4-14(8-24-12)20-17(13(2)30-25-20)11-29-19(23)6-5-18(22)21(27)26-15-7-16(26)10-28-9-15/h3-6,8,15-16H,7,9-11,22-23H2,1-2H3/b18-5-,19-6+. The Hall–Kier alpha value is -3.33. The van der Waals surface area contributed by atoms with Gasteiger partial charge >= 0.3 is 0 Å². The quantitative estimate of drug-likeness (QED) is 0.416. The maximum Gasteiger partial charge on any atom is 0.270 e. The Balaban J connectivity index is 1.40. The molecule has 0 spiro atoms. The Bertz CT molecular complexity index is 981. The maximum atomic E-state index is 12.5. The summed E-state index contributed by atoms with van der Waals surface area (Å²) >= 11 is 0. The molecular weight excluding hydrogens is 386 g/mol. The minimum absolute atomic E-state index is 0.116. The van der Waals surface area contributed by atoms with Crippen LogP contribution in [-0.2, 0) is 20.9 Å². The number of amides is 1. The number of carbonyl (C=O) groups is 1. The van der Waals surface area contributed by atoms with E-state index >= 15 is 0 Å². The summed E-state index contributed by atoms with van der Waals surface area (Å²) < 4.78 is 16.3. The number of nitrogens with zero attached hydrogens (tertiary/aromatic N) is 3. The molecule has 9 heteroatoms. The van der Waals surface area contributed by atoms with Crippen molar-refractivity contribution >= 4 is 5.91 Å². The zero-order valence-corrected chi connectivity index (χ0v) is 17.0. The van der Waals surface area contributed by atoms with Crippen molar-refractivity contribution in [2.45, 2.75) is 39.0 Å². The van der Waals surface area contributed by atoms with Crippen LogP contribution in [0.15, 0.2) is 46.6 Å². The topological polar surface area (TPSA) is 130 Å². The predicted molar refractivity (Wildman–Crippen MR) is 108 cm³/mol. The monoisotopic (exact) mass is 411 g/mol. The number of fused-ring (bicyclic) bond motifs is 2. The van der Waals surface area contributed by atoms with E-state index in [1.54, 1.807) is 18.0 Å². The summed E-state index contributed by atoms with van der Waals surface area (Å²) in [5.74, 6) is 0.564. The van der Waals surface area contributed by atoms with Gasteiger partial charge < -0.3 is 30.4 Å². The summed E-state index contributed by atoms with van der Waals surface area (Å²) in [6, 6.07) is 4.06. The third-order valence-corrected chi connectivity index (χ3v) is 5.41. The first-order valence-corrected chi connectivity index (χ1v) is 9.78. The molecule has 0 radical (unpaired) electrons. The van der Waals surface area contributed by atoms with Crippen LogP contribution in [0.2, 0.25) is 0 Å². The number of rotatable bonds is 6. The zero-order valence-electron chi connectivity index (χ0n) is 17.0. The molecule has 2 atom stereocenters. The van der Waals surface area contributed by atoms with Crippen LogP contribution >= 0.6 is 0 Å². The summed E-state index contributed by atoms with van der Waals surface area (Å²) in [6.45, 7) is 5.01. The Labute approximate surface area is 174 Å². The van der Waals surface area contributed by atoms with Crippen LogP contribution in [0.5, 0.6) is 0 Å². The Morgan fingerprint density at radius 2 is 2.03 bits per heavy atom. The van der Waals surface area contributed by atoms with Crippen LogP contribution in [0.1, 0.15) is 23.4 Å². The van der Waals surface area contributed by atoms with Crippen molar-refractivity contribution in [2.24, 2.45) is 11.5 Å². The molecule has 158 valence electrons. The second kappa shape index (κ2) is 8.19. The molecule has 1 amide bonds. The number of morpholine rings is 1. The van der Waals surface area contributed by atoms with E-state index in [2.05, 4.69) is 10.1 Å². The maximum absolute atomic E-state index is 12.5. The highest BCUT2D eigenvalue weighted by Gasteiger charge is 2.45. The van der Waals surface area contributed by atoms with Crippen molar-refractivity contribution in [1.82, 2.24) is 15.0 Å². The van der Waals surface area contributed by atoms with Gasteiger partial charge in [-0.05, 0) is 44.6 Å². The second-order valence-electron chi connectivity index (χ2n) is 7.53. The van der Waals surface area contributed by atoms with Gasteiger partial charge in [0.15, 0.2) is 5.88 Å². The molecule has 30 heavy (non-hydrogen) atoms. The van der Waals surface area contributed by atoms with E-state index in [0.717, 1.165) is 23.2 Å². The zero-order chi connectivity index (χ0) is 21.3. The lowest BCUT2D eigenvalue weighted by Gasteiger charge is -2.52. The van der Waals surface area contributed by atoms with E-state index in [9.17, 15) is 4.79 Å². The molecule has 2 fully saturated rings. The van der Waals surface area contributed by atoms with Gasteiger partial charge in [0.25, 0.3) is 5.91 Å². The first-order valence-electron chi connectivity index (χ1n) is 9.78. The molecule has 0 aromatic carbocycles. The lowest BCUT2D eigenvalue weighted by atomic mass is 9.91. The fourth-order valence-corrected chi connectivity index (χ4v) is 3.66. The van der Waals surface area contributed by atoms with Crippen molar-refractivity contribution in [1.29, 1.82) is 0 Å². The van der Waals surface area contributed by atoms with Gasteiger partial charge in [0.1, 0.15) is 18.1 Å². The van der Waals surface area contributed by atoms with Gasteiger partial charge in [-0.25, -0.2) is 0 Å². The first kappa shape index (κ1) is 20.0. The fraction of sp³-hybridized carbons (Fsp3) is 0.381. The molecule has 4 rings (SSSR count). The molecule has 9 nitrogen and oxygen atoms in total. The molecule has 2 unspecified atom stereocenters. The first-order chi connectivity index (χ1) is 14.4. The van der Waals surface area contributed by atoms with E-state index in [-0.39, 0.29) is 36.2 Å². The van der Waals surface area contributed by atoms with E-state index in [0.29, 0.717) is 24.7 Å². The average Bonchev–Trinajstić information content (AvgIpc) is 3.11. The van der Waals surface area contributed by atoms with Gasteiger partial charge in [-0.15, -0.1) is 0 Å². The number of aromatic nitrogens is 2. The van der Waals surface area contributed by atoms with Crippen LogP contribution in [0.3, 0.4) is 0 Å². The van der Waals surface area contributed by atoms with Crippen molar-refractivity contribution in [3.05, 3.63) is 59.1 Å². The third kappa shape index (κ3) is 3.88. The van der Waals surface area contributed by atoms with E-state index in [1.165, 1.54) is 12.2 Å². The van der Waals surface area contributed by atoms with E-state index in [4.69, 9.17) is 25.5 Å². The molecule has 2 aliphatic heterocycles. The number of ether oxygens (including phenoxy) is 2. The minimum Gasteiger partial charge on any atom is -0.474 e. The molecule has 2 saturated heterocycles. The largest absolute Gasteiger partial charge is 0.474 e. The number of pyridine rings is 1. The van der Waals surface area contributed by atoms with Gasteiger partial charge in [0.2, 0.25) is 0 Å².